The van der Waals surface area contributed by atoms with E-state index in [4.69, 9.17) is 5.11 Å². The fourth-order valence-corrected chi connectivity index (χ4v) is 4.42. The molecule has 276 valence electrons. The highest BCUT2D eigenvalue weighted by atomic mass is 16.3. The lowest BCUT2D eigenvalue weighted by Gasteiger charge is -2.06. The molecule has 0 atom stereocenters. The molecule has 5 rings (SSSR count). The Morgan fingerprint density at radius 1 is 0.314 bits per heavy atom. The Labute approximate surface area is 307 Å². The molecule has 0 heterocycles. The Hall–Kier alpha value is -4.90. The van der Waals surface area contributed by atoms with Crippen LogP contribution >= 0.6 is 0 Å². The van der Waals surface area contributed by atoms with Crippen molar-refractivity contribution in [3.63, 3.8) is 0 Å². The molecule has 0 unspecified atom stereocenters. The van der Waals surface area contributed by atoms with Gasteiger partial charge in [-0.15, -0.1) is 0 Å². The van der Waals surface area contributed by atoms with E-state index in [1.165, 1.54) is 22.3 Å². The predicted molar refractivity (Wildman–Crippen MR) is 216 cm³/mol. The minimum absolute atomic E-state index is 0.322. The van der Waals surface area contributed by atoms with E-state index in [2.05, 4.69) is 73.6 Å². The number of phenols is 5. The van der Waals surface area contributed by atoms with Gasteiger partial charge in [0.1, 0.15) is 28.7 Å². The summed E-state index contributed by atoms with van der Waals surface area (Å²) in [6.45, 7) is 24.6. The molecular weight excluding hydrogens is 633 g/mol. The van der Waals surface area contributed by atoms with Crippen molar-refractivity contribution in [2.45, 2.75) is 107 Å². The number of benzene rings is 5. The third-order valence-corrected chi connectivity index (χ3v) is 8.34. The first-order valence-electron chi connectivity index (χ1n) is 17.8. The molecule has 0 aliphatic rings. The zero-order valence-corrected chi connectivity index (χ0v) is 32.9. The number of hydrogen-bond donors (Lipinski definition) is 5. The van der Waals surface area contributed by atoms with Crippen LogP contribution in [0.25, 0.3) is 0 Å². The van der Waals surface area contributed by atoms with Crippen LogP contribution in [0.5, 0.6) is 28.7 Å². The van der Waals surface area contributed by atoms with Crippen LogP contribution in [0.1, 0.15) is 124 Å². The van der Waals surface area contributed by atoms with Crippen LogP contribution in [0, 0.1) is 27.7 Å². The topological polar surface area (TPSA) is 101 Å². The van der Waals surface area contributed by atoms with Crippen LogP contribution in [-0.2, 0) is 0 Å². The number of hydrogen-bond acceptors (Lipinski definition) is 5. The smallest absolute Gasteiger partial charge is 0.118 e. The maximum atomic E-state index is 9.35. The fraction of sp³-hybridized carbons (Fsp3) is 0.348. The molecule has 0 aliphatic carbocycles. The number of aryl methyl sites for hydroxylation is 4. The van der Waals surface area contributed by atoms with Crippen molar-refractivity contribution in [2.75, 3.05) is 0 Å². The Bertz CT molecular complexity index is 1520. The van der Waals surface area contributed by atoms with Gasteiger partial charge in [-0.3, -0.25) is 0 Å². The molecule has 0 bridgehead atoms. The second kappa shape index (κ2) is 22.0. The molecule has 51 heavy (non-hydrogen) atoms. The van der Waals surface area contributed by atoms with Gasteiger partial charge in [0.15, 0.2) is 0 Å². The fourth-order valence-electron chi connectivity index (χ4n) is 4.42. The summed E-state index contributed by atoms with van der Waals surface area (Å²) in [5.74, 6) is 3.90. The van der Waals surface area contributed by atoms with Gasteiger partial charge in [-0.05, 0) is 132 Å². The van der Waals surface area contributed by atoms with Crippen molar-refractivity contribution >= 4 is 0 Å². The monoisotopic (exact) mass is 694 g/mol. The first-order valence-corrected chi connectivity index (χ1v) is 17.8. The predicted octanol–water partition coefficient (Wildman–Crippen LogP) is 12.7. The average molecular weight is 695 g/mol. The van der Waals surface area contributed by atoms with Crippen molar-refractivity contribution in [3.8, 4) is 28.7 Å². The van der Waals surface area contributed by atoms with Gasteiger partial charge < -0.3 is 25.5 Å². The second-order valence-corrected chi connectivity index (χ2v) is 14.1. The summed E-state index contributed by atoms with van der Waals surface area (Å²) in [6.07, 6.45) is 0. The molecule has 0 saturated carbocycles. The summed E-state index contributed by atoms with van der Waals surface area (Å²) < 4.78 is 0. The van der Waals surface area contributed by atoms with E-state index in [-0.39, 0.29) is 0 Å². The Kier molecular flexibility index (Phi) is 19.1. The number of rotatable bonds is 4. The van der Waals surface area contributed by atoms with Crippen LogP contribution < -0.4 is 0 Å². The van der Waals surface area contributed by atoms with Gasteiger partial charge in [0.05, 0.1) is 0 Å². The third-order valence-electron chi connectivity index (χ3n) is 8.34. The highest BCUT2D eigenvalue weighted by molar-refractivity contribution is 5.38. The summed E-state index contributed by atoms with van der Waals surface area (Å²) in [5.41, 5.74) is 8.61. The molecular formula is C46H62O5. The van der Waals surface area contributed by atoms with Crippen LogP contribution in [0.2, 0.25) is 0 Å². The Morgan fingerprint density at radius 2 is 0.608 bits per heavy atom. The maximum absolute atomic E-state index is 9.35. The third kappa shape index (κ3) is 16.6. The second-order valence-electron chi connectivity index (χ2n) is 14.1. The highest BCUT2D eigenvalue weighted by Gasteiger charge is 2.03. The van der Waals surface area contributed by atoms with Crippen molar-refractivity contribution in [3.05, 3.63) is 148 Å². The number of aromatic hydroxyl groups is 5. The lowest BCUT2D eigenvalue weighted by molar-refractivity contribution is 0.469. The maximum Gasteiger partial charge on any atom is 0.118 e. The van der Waals surface area contributed by atoms with E-state index in [0.29, 0.717) is 52.4 Å². The molecule has 0 saturated heterocycles. The van der Waals surface area contributed by atoms with Gasteiger partial charge in [0.2, 0.25) is 0 Å². The van der Waals surface area contributed by atoms with Crippen LogP contribution in [-0.4, -0.2) is 25.5 Å². The molecule has 5 heteroatoms. The largest absolute Gasteiger partial charge is 0.508 e. The molecule has 0 amide bonds. The summed E-state index contributed by atoms with van der Waals surface area (Å²) in [5, 5.41) is 45.9. The van der Waals surface area contributed by atoms with Crippen molar-refractivity contribution in [1.29, 1.82) is 0 Å². The summed E-state index contributed by atoms with van der Waals surface area (Å²) in [4.78, 5) is 0. The van der Waals surface area contributed by atoms with Crippen molar-refractivity contribution in [1.82, 2.24) is 0 Å². The van der Waals surface area contributed by atoms with Gasteiger partial charge in [-0.25, -0.2) is 0 Å². The van der Waals surface area contributed by atoms with E-state index >= 15 is 0 Å². The van der Waals surface area contributed by atoms with E-state index in [1.807, 2.05) is 82.3 Å². The van der Waals surface area contributed by atoms with Crippen LogP contribution in [0.4, 0.5) is 0 Å². The lowest BCUT2D eigenvalue weighted by Crippen LogP contribution is -1.87. The summed E-state index contributed by atoms with van der Waals surface area (Å²) in [6, 6.07) is 32.0. The molecule has 0 fully saturated rings. The first-order chi connectivity index (χ1) is 23.8. The number of para-hydroxylation sites is 1. The molecule has 0 radical (unpaired) electrons. The zero-order chi connectivity index (χ0) is 38.8. The molecule has 5 nitrogen and oxygen atoms in total. The van der Waals surface area contributed by atoms with E-state index in [0.717, 1.165) is 22.3 Å². The zero-order valence-electron chi connectivity index (χ0n) is 32.9. The van der Waals surface area contributed by atoms with E-state index in [9.17, 15) is 20.4 Å². The van der Waals surface area contributed by atoms with Crippen molar-refractivity contribution < 1.29 is 25.5 Å². The lowest BCUT2D eigenvalue weighted by atomic mass is 10.0. The van der Waals surface area contributed by atoms with Crippen molar-refractivity contribution in [2.24, 2.45) is 0 Å². The SMILES string of the molecule is Cc1cc(C(C)C)ccc1O.Cc1ccc(C(C)C)cc1O.Cc1ccc(C(C)C)cc1O.Cc1ccc(C(C)C)cc1O.Oc1ccccc1. The minimum Gasteiger partial charge on any atom is -0.508 e. The van der Waals surface area contributed by atoms with Crippen LogP contribution in [0.15, 0.2) is 103 Å². The van der Waals surface area contributed by atoms with Gasteiger partial charge in [-0.2, -0.15) is 0 Å². The molecule has 0 spiro atoms. The Balaban J connectivity index is 0.000000321. The summed E-state index contributed by atoms with van der Waals surface area (Å²) >= 11 is 0. The average Bonchev–Trinajstić information content (AvgIpc) is 3.07. The molecule has 5 aromatic rings. The molecule has 0 aromatic heterocycles. The molecule has 0 aliphatic heterocycles. The van der Waals surface area contributed by atoms with Crippen LogP contribution in [0.3, 0.4) is 0 Å². The highest BCUT2D eigenvalue weighted by Crippen LogP contribution is 2.25. The first kappa shape index (κ1) is 44.1. The van der Waals surface area contributed by atoms with E-state index < -0.39 is 0 Å². The molecule has 5 aromatic carbocycles. The molecule has 5 N–H and O–H groups in total. The standard InChI is InChI=1S/4C10H14O.C6H6O/c1-7(2)9-4-5-10(11)8(3)6-9;3*1-7(2)9-5-4-8(3)10(11)6-9;7-6-4-2-1-3-5-6/h4*4-7,11H,1-3H3;1-5,7H. The quantitative estimate of drug-likeness (QED) is 0.129. The van der Waals surface area contributed by atoms with Gasteiger partial charge in [-0.1, -0.05) is 122 Å². The number of phenolic OH excluding ortho intramolecular Hbond substituents is 5. The van der Waals surface area contributed by atoms with E-state index in [1.54, 1.807) is 30.3 Å². The van der Waals surface area contributed by atoms with Gasteiger partial charge in [0.25, 0.3) is 0 Å². The normalized spacial score (nSPS) is 10.3. The van der Waals surface area contributed by atoms with Gasteiger partial charge in [0, 0.05) is 0 Å². The minimum atomic E-state index is 0.322. The van der Waals surface area contributed by atoms with Gasteiger partial charge >= 0.3 is 0 Å². The summed E-state index contributed by atoms with van der Waals surface area (Å²) in [7, 11) is 0. The Morgan fingerprint density at radius 3 is 0.843 bits per heavy atom.